The van der Waals surface area contributed by atoms with Crippen molar-refractivity contribution in [2.45, 2.75) is 71.4 Å². The Kier molecular flexibility index (Phi) is 5.90. The fourth-order valence-corrected chi connectivity index (χ4v) is 3.29. The molecule has 1 N–H and O–H groups in total. The first-order valence-electron chi connectivity index (χ1n) is 8.11. The van der Waals surface area contributed by atoms with E-state index < -0.39 is 0 Å². The number of rotatable bonds is 7. The van der Waals surface area contributed by atoms with E-state index in [-0.39, 0.29) is 0 Å². The first kappa shape index (κ1) is 14.6. The average Bonchev–Trinajstić information content (AvgIpc) is 2.89. The molecule has 0 aliphatic heterocycles. The van der Waals surface area contributed by atoms with E-state index in [0.717, 1.165) is 25.4 Å². The topological polar surface area (TPSA) is 29.9 Å². The van der Waals surface area contributed by atoms with Crippen molar-refractivity contribution >= 4 is 0 Å². The zero-order valence-electron chi connectivity index (χ0n) is 12.6. The van der Waals surface area contributed by atoms with Crippen molar-refractivity contribution in [1.29, 1.82) is 0 Å². The van der Waals surface area contributed by atoms with Crippen molar-refractivity contribution in [2.24, 2.45) is 5.92 Å². The summed E-state index contributed by atoms with van der Waals surface area (Å²) in [6, 6.07) is 2.73. The largest absolute Gasteiger partial charge is 0.308 e. The van der Waals surface area contributed by atoms with Crippen LogP contribution in [0, 0.1) is 5.92 Å². The lowest BCUT2D eigenvalue weighted by atomic mass is 9.82. The maximum Gasteiger partial charge on any atom is 0.0556 e. The van der Waals surface area contributed by atoms with E-state index in [9.17, 15) is 0 Å². The van der Waals surface area contributed by atoms with Crippen LogP contribution in [0.4, 0.5) is 0 Å². The van der Waals surface area contributed by atoms with Gasteiger partial charge in [0, 0.05) is 12.7 Å². The Morgan fingerprint density at radius 3 is 2.74 bits per heavy atom. The van der Waals surface area contributed by atoms with Crippen molar-refractivity contribution in [2.75, 3.05) is 6.54 Å². The molecule has 0 radical (unpaired) electrons. The molecule has 108 valence electrons. The summed E-state index contributed by atoms with van der Waals surface area (Å²) in [4.78, 5) is 0. The summed E-state index contributed by atoms with van der Waals surface area (Å²) in [5.41, 5.74) is 1.40. The number of nitrogens with one attached hydrogen (secondary N) is 1. The van der Waals surface area contributed by atoms with Gasteiger partial charge in [-0.05, 0) is 44.2 Å². The summed E-state index contributed by atoms with van der Waals surface area (Å²) in [5.74, 6) is 0.799. The predicted octanol–water partition coefficient (Wildman–Crippen LogP) is 3.91. The van der Waals surface area contributed by atoms with E-state index in [1.807, 2.05) is 6.20 Å². The Morgan fingerprint density at radius 1 is 1.26 bits per heavy atom. The summed E-state index contributed by atoms with van der Waals surface area (Å²) in [6.07, 6.45) is 11.3. The second kappa shape index (κ2) is 7.68. The Hall–Kier alpha value is -0.830. The van der Waals surface area contributed by atoms with E-state index in [4.69, 9.17) is 0 Å². The molecule has 0 bridgehead atoms. The average molecular weight is 263 g/mol. The summed E-state index contributed by atoms with van der Waals surface area (Å²) < 4.78 is 2.21. The highest BCUT2D eigenvalue weighted by Crippen LogP contribution is 2.34. The van der Waals surface area contributed by atoms with Crippen LogP contribution in [-0.4, -0.2) is 16.3 Å². The van der Waals surface area contributed by atoms with E-state index >= 15 is 0 Å². The van der Waals surface area contributed by atoms with E-state index in [2.05, 4.69) is 35.0 Å². The second-order valence-corrected chi connectivity index (χ2v) is 5.81. The van der Waals surface area contributed by atoms with Crippen LogP contribution >= 0.6 is 0 Å². The van der Waals surface area contributed by atoms with E-state index in [1.54, 1.807) is 0 Å². The molecule has 1 saturated carbocycles. The fraction of sp³-hybridized carbons (Fsp3) is 0.812. The Morgan fingerprint density at radius 2 is 2.05 bits per heavy atom. The van der Waals surface area contributed by atoms with E-state index in [1.165, 1.54) is 44.2 Å². The highest BCUT2D eigenvalue weighted by atomic mass is 15.3. The highest BCUT2D eigenvalue weighted by molar-refractivity contribution is 5.09. The third kappa shape index (κ3) is 3.82. The molecule has 0 amide bonds. The summed E-state index contributed by atoms with van der Waals surface area (Å²) in [6.45, 7) is 6.62. The van der Waals surface area contributed by atoms with Gasteiger partial charge in [-0.2, -0.15) is 5.10 Å². The second-order valence-electron chi connectivity index (χ2n) is 5.81. The molecule has 3 heteroatoms. The van der Waals surface area contributed by atoms with Crippen LogP contribution in [0.2, 0.25) is 0 Å². The SMILES string of the molecule is CCCNC(c1ccnn1CCC)C1CCCCC1. The van der Waals surface area contributed by atoms with Gasteiger partial charge in [0.2, 0.25) is 0 Å². The molecule has 1 atom stereocenters. The standard InChI is InChI=1S/C16H29N3/c1-3-11-17-16(14-8-6-5-7-9-14)15-10-12-18-19(15)13-4-2/h10,12,14,16-17H,3-9,11,13H2,1-2H3. The van der Waals surface area contributed by atoms with Crippen LogP contribution in [0.15, 0.2) is 12.3 Å². The maximum atomic E-state index is 4.51. The molecule has 1 aliphatic rings. The Labute approximate surface area is 117 Å². The van der Waals surface area contributed by atoms with E-state index in [0.29, 0.717) is 6.04 Å². The number of aromatic nitrogens is 2. The number of aryl methyl sites for hydroxylation is 1. The number of nitrogens with zero attached hydrogens (tertiary/aromatic N) is 2. The van der Waals surface area contributed by atoms with Crippen molar-refractivity contribution in [3.8, 4) is 0 Å². The maximum absolute atomic E-state index is 4.51. The lowest BCUT2D eigenvalue weighted by molar-refractivity contribution is 0.261. The van der Waals surface area contributed by atoms with Gasteiger partial charge < -0.3 is 5.32 Å². The van der Waals surface area contributed by atoms with Crippen LogP contribution in [0.5, 0.6) is 0 Å². The zero-order chi connectivity index (χ0) is 13.5. The Bertz CT molecular complexity index is 353. The molecule has 1 aromatic rings. The first-order chi connectivity index (χ1) is 9.36. The van der Waals surface area contributed by atoms with Gasteiger partial charge in [0.1, 0.15) is 0 Å². The van der Waals surface area contributed by atoms with Crippen LogP contribution in [0.1, 0.15) is 70.5 Å². The summed E-state index contributed by atoms with van der Waals surface area (Å²) in [5, 5.41) is 8.29. The summed E-state index contributed by atoms with van der Waals surface area (Å²) in [7, 11) is 0. The minimum Gasteiger partial charge on any atom is -0.308 e. The predicted molar refractivity (Wildman–Crippen MR) is 80.1 cm³/mol. The van der Waals surface area contributed by atoms with Crippen molar-refractivity contribution in [3.05, 3.63) is 18.0 Å². The quantitative estimate of drug-likeness (QED) is 0.808. The molecule has 2 rings (SSSR count). The van der Waals surface area contributed by atoms with Gasteiger partial charge in [-0.15, -0.1) is 0 Å². The molecule has 0 spiro atoms. The van der Waals surface area contributed by atoms with Gasteiger partial charge in [-0.1, -0.05) is 33.1 Å². The molecule has 1 fully saturated rings. The van der Waals surface area contributed by atoms with Crippen LogP contribution < -0.4 is 5.32 Å². The van der Waals surface area contributed by atoms with Crippen LogP contribution in [0.3, 0.4) is 0 Å². The summed E-state index contributed by atoms with van der Waals surface area (Å²) >= 11 is 0. The monoisotopic (exact) mass is 263 g/mol. The third-order valence-corrected chi connectivity index (χ3v) is 4.24. The van der Waals surface area contributed by atoms with Gasteiger partial charge >= 0.3 is 0 Å². The van der Waals surface area contributed by atoms with Crippen molar-refractivity contribution < 1.29 is 0 Å². The zero-order valence-corrected chi connectivity index (χ0v) is 12.6. The Balaban J connectivity index is 2.12. The van der Waals surface area contributed by atoms with Gasteiger partial charge in [0.25, 0.3) is 0 Å². The van der Waals surface area contributed by atoms with Gasteiger partial charge in [0.05, 0.1) is 11.7 Å². The molecular weight excluding hydrogens is 234 g/mol. The third-order valence-electron chi connectivity index (χ3n) is 4.24. The molecule has 0 aromatic carbocycles. The lowest BCUT2D eigenvalue weighted by Gasteiger charge is -2.31. The molecule has 1 aliphatic carbocycles. The first-order valence-corrected chi connectivity index (χ1v) is 8.11. The molecule has 3 nitrogen and oxygen atoms in total. The van der Waals surface area contributed by atoms with Gasteiger partial charge in [0.15, 0.2) is 0 Å². The minimum atomic E-state index is 0.509. The smallest absolute Gasteiger partial charge is 0.0556 e. The number of hydrogen-bond acceptors (Lipinski definition) is 2. The van der Waals surface area contributed by atoms with Gasteiger partial charge in [-0.3, -0.25) is 4.68 Å². The molecule has 1 heterocycles. The molecule has 0 saturated heterocycles. The van der Waals surface area contributed by atoms with Crippen molar-refractivity contribution in [1.82, 2.24) is 15.1 Å². The van der Waals surface area contributed by atoms with Crippen molar-refractivity contribution in [3.63, 3.8) is 0 Å². The normalized spacial score (nSPS) is 18.6. The molecule has 1 aromatic heterocycles. The molecular formula is C16H29N3. The van der Waals surface area contributed by atoms with Gasteiger partial charge in [-0.25, -0.2) is 0 Å². The molecule has 19 heavy (non-hydrogen) atoms. The number of hydrogen-bond donors (Lipinski definition) is 1. The lowest BCUT2D eigenvalue weighted by Crippen LogP contribution is -2.32. The van der Waals surface area contributed by atoms with Crippen LogP contribution in [-0.2, 0) is 6.54 Å². The molecule has 1 unspecified atom stereocenters. The highest BCUT2D eigenvalue weighted by Gasteiger charge is 2.26. The van der Waals surface area contributed by atoms with Crippen LogP contribution in [0.25, 0.3) is 0 Å². The fourth-order valence-electron chi connectivity index (χ4n) is 3.29. The minimum absolute atomic E-state index is 0.509.